The second-order valence-electron chi connectivity index (χ2n) is 7.46. The molecule has 7 nitrogen and oxygen atoms in total. The molecule has 35 heavy (non-hydrogen) atoms. The number of carbonyl (C=O) groups excluding carboxylic acids is 1. The van der Waals surface area contributed by atoms with Crippen LogP contribution in [-0.4, -0.2) is 28.6 Å². The first-order valence-electron chi connectivity index (χ1n) is 9.90. The van der Waals surface area contributed by atoms with Crippen LogP contribution in [0.5, 0.6) is 11.5 Å². The molecule has 0 fully saturated rings. The topological polar surface area (TPSA) is 90.9 Å². The second-order valence-corrected chi connectivity index (χ2v) is 9.96. The lowest BCUT2D eigenvalue weighted by Crippen LogP contribution is -2.16. The molecule has 4 rings (SSSR count). The maximum absolute atomic E-state index is 13.4. The van der Waals surface area contributed by atoms with Crippen LogP contribution in [0.1, 0.15) is 21.5 Å². The quantitative estimate of drug-likeness (QED) is 0.401. The van der Waals surface area contributed by atoms with Gasteiger partial charge in [-0.2, -0.15) is 13.2 Å². The predicted octanol–water partition coefficient (Wildman–Crippen LogP) is 5.62. The van der Waals surface area contributed by atoms with Gasteiger partial charge >= 0.3 is 12.1 Å². The van der Waals surface area contributed by atoms with Gasteiger partial charge < -0.3 is 14.2 Å². The number of alkyl halides is 3. The molecule has 1 heterocycles. The summed E-state index contributed by atoms with van der Waals surface area (Å²) in [4.78, 5) is 12.4. The van der Waals surface area contributed by atoms with E-state index in [0.717, 1.165) is 18.2 Å². The van der Waals surface area contributed by atoms with Crippen molar-refractivity contribution < 1.29 is 40.6 Å². The Labute approximate surface area is 207 Å². The molecule has 0 atom stereocenters. The van der Waals surface area contributed by atoms with Crippen molar-refractivity contribution in [3.8, 4) is 22.6 Å². The zero-order chi connectivity index (χ0) is 25.5. The standard InChI is InChI=1S/C23H17BrF3NO6S/c1-32-19-6-3-12-9-18(19)28-35(30,31)20-10-13(8-17(24)21(20)33-2)22(29)34-11-14-7-15(23(25,26)27)4-5-16(12)14/h3-10,28H,11H2,1-2H3. The number of hydrogen-bond acceptors (Lipinski definition) is 6. The van der Waals surface area contributed by atoms with Gasteiger partial charge in [0.15, 0.2) is 5.75 Å². The summed E-state index contributed by atoms with van der Waals surface area (Å²) in [5, 5.41) is 0. The number of anilines is 1. The largest absolute Gasteiger partial charge is 0.495 e. The number of sulfonamides is 1. The van der Waals surface area contributed by atoms with Gasteiger partial charge in [0.05, 0.1) is 35.5 Å². The molecule has 12 heteroatoms. The summed E-state index contributed by atoms with van der Waals surface area (Å²) in [6.07, 6.45) is -4.61. The predicted molar refractivity (Wildman–Crippen MR) is 124 cm³/mol. The zero-order valence-electron chi connectivity index (χ0n) is 18.2. The molecule has 3 aromatic carbocycles. The lowest BCUT2D eigenvalue weighted by atomic mass is 9.97. The molecule has 0 amide bonds. The van der Waals surface area contributed by atoms with Gasteiger partial charge in [0.1, 0.15) is 17.3 Å². The van der Waals surface area contributed by atoms with Crippen LogP contribution in [0.25, 0.3) is 11.1 Å². The van der Waals surface area contributed by atoms with Gasteiger partial charge in [0.25, 0.3) is 10.0 Å². The van der Waals surface area contributed by atoms with Crippen molar-refractivity contribution in [1.82, 2.24) is 0 Å². The number of rotatable bonds is 2. The number of ether oxygens (including phenoxy) is 3. The van der Waals surface area contributed by atoms with Gasteiger partial charge in [-0.15, -0.1) is 0 Å². The van der Waals surface area contributed by atoms with Crippen LogP contribution in [0.2, 0.25) is 0 Å². The zero-order valence-corrected chi connectivity index (χ0v) is 20.6. The van der Waals surface area contributed by atoms with Gasteiger partial charge in [0, 0.05) is 0 Å². The third-order valence-electron chi connectivity index (χ3n) is 5.29. The van der Waals surface area contributed by atoms with Gasteiger partial charge in [0.2, 0.25) is 0 Å². The van der Waals surface area contributed by atoms with Crippen LogP contribution in [0, 0.1) is 0 Å². The average molecular weight is 572 g/mol. The lowest BCUT2D eigenvalue weighted by Gasteiger charge is -2.17. The van der Waals surface area contributed by atoms with Gasteiger partial charge in [-0.1, -0.05) is 12.1 Å². The van der Waals surface area contributed by atoms with E-state index >= 15 is 0 Å². The first kappa shape index (κ1) is 24.9. The third kappa shape index (κ3) is 4.80. The van der Waals surface area contributed by atoms with Crippen molar-refractivity contribution in [3.05, 3.63) is 69.7 Å². The monoisotopic (exact) mass is 571 g/mol. The fraction of sp³-hybridized carbons (Fsp3) is 0.174. The molecule has 4 bridgehead atoms. The summed E-state index contributed by atoms with van der Waals surface area (Å²) < 4.78 is 85.2. The van der Waals surface area contributed by atoms with E-state index in [9.17, 15) is 26.4 Å². The minimum absolute atomic E-state index is 0.0333. The highest BCUT2D eigenvalue weighted by atomic mass is 79.9. The van der Waals surface area contributed by atoms with Crippen molar-refractivity contribution in [1.29, 1.82) is 0 Å². The van der Waals surface area contributed by atoms with Crippen LogP contribution >= 0.6 is 15.9 Å². The summed E-state index contributed by atoms with van der Waals surface area (Å²) in [6, 6.07) is 9.86. The highest BCUT2D eigenvalue weighted by Gasteiger charge is 2.32. The molecule has 0 unspecified atom stereocenters. The molecule has 0 spiro atoms. The van der Waals surface area contributed by atoms with Crippen molar-refractivity contribution in [2.24, 2.45) is 0 Å². The Hall–Kier alpha value is -3.25. The van der Waals surface area contributed by atoms with Gasteiger partial charge in [-0.05, 0) is 69.0 Å². The summed E-state index contributed by atoms with van der Waals surface area (Å²) in [5.74, 6) is -0.823. The number of halogens is 4. The highest BCUT2D eigenvalue weighted by Crippen LogP contribution is 2.40. The van der Waals surface area contributed by atoms with E-state index < -0.39 is 34.3 Å². The molecule has 0 radical (unpaired) electrons. The summed E-state index contributed by atoms with van der Waals surface area (Å²) in [7, 11) is -1.72. The van der Waals surface area contributed by atoms with Crippen molar-refractivity contribution >= 4 is 37.6 Å². The number of carbonyl (C=O) groups is 1. The number of cyclic esters (lactones) is 1. The summed E-state index contributed by atoms with van der Waals surface area (Å²) in [5.41, 5.74) is -0.254. The number of benzene rings is 3. The van der Waals surface area contributed by atoms with Crippen molar-refractivity contribution in [2.75, 3.05) is 18.9 Å². The number of methoxy groups -OCH3 is 2. The normalized spacial score (nSPS) is 14.9. The molecule has 0 saturated carbocycles. The minimum Gasteiger partial charge on any atom is -0.495 e. The SMILES string of the molecule is COc1ccc2cc1NS(=O)(=O)c1cc(cc(Br)c1OC)C(=O)OCc1cc(C(F)(F)F)ccc1-2. The maximum atomic E-state index is 13.4. The van der Waals surface area contributed by atoms with Crippen molar-refractivity contribution in [3.63, 3.8) is 0 Å². The van der Waals surface area contributed by atoms with Crippen LogP contribution in [0.3, 0.4) is 0 Å². The van der Waals surface area contributed by atoms with Crippen LogP contribution in [-0.2, 0) is 27.5 Å². The Bertz CT molecular complexity index is 1440. The Morgan fingerprint density at radius 1 is 1.00 bits per heavy atom. The lowest BCUT2D eigenvalue weighted by molar-refractivity contribution is -0.137. The molecule has 0 saturated heterocycles. The molecule has 3 aromatic rings. The number of fused-ring (bicyclic) bond motifs is 6. The fourth-order valence-corrected chi connectivity index (χ4v) is 5.67. The molecular weight excluding hydrogens is 555 g/mol. The number of nitrogens with one attached hydrogen (secondary N) is 1. The first-order chi connectivity index (χ1) is 16.4. The van der Waals surface area contributed by atoms with Gasteiger partial charge in [-0.3, -0.25) is 4.72 Å². The van der Waals surface area contributed by atoms with E-state index in [0.29, 0.717) is 11.1 Å². The minimum atomic E-state index is -4.61. The number of hydrogen-bond donors (Lipinski definition) is 1. The average Bonchev–Trinajstić information content (AvgIpc) is 2.80. The van der Waals surface area contributed by atoms with Crippen molar-refractivity contribution in [2.45, 2.75) is 17.7 Å². The van der Waals surface area contributed by atoms with E-state index in [1.165, 1.54) is 38.5 Å². The first-order valence-corrected chi connectivity index (χ1v) is 12.2. The number of esters is 1. The van der Waals surface area contributed by atoms with E-state index in [-0.39, 0.29) is 37.7 Å². The molecule has 1 N–H and O–H groups in total. The van der Waals surface area contributed by atoms with Gasteiger partial charge in [-0.25, -0.2) is 13.2 Å². The van der Waals surface area contributed by atoms with E-state index in [4.69, 9.17) is 14.2 Å². The van der Waals surface area contributed by atoms with Crippen LogP contribution < -0.4 is 14.2 Å². The Morgan fingerprint density at radius 2 is 1.74 bits per heavy atom. The summed E-state index contributed by atoms with van der Waals surface area (Å²) in [6.45, 7) is -0.487. The maximum Gasteiger partial charge on any atom is 0.416 e. The second kappa shape index (κ2) is 9.08. The Morgan fingerprint density at radius 3 is 2.40 bits per heavy atom. The highest BCUT2D eigenvalue weighted by molar-refractivity contribution is 9.10. The van der Waals surface area contributed by atoms with E-state index in [1.54, 1.807) is 6.07 Å². The molecule has 184 valence electrons. The van der Waals surface area contributed by atoms with Crippen LogP contribution in [0.4, 0.5) is 18.9 Å². The fourth-order valence-electron chi connectivity index (χ4n) is 3.64. The molecule has 1 aliphatic rings. The third-order valence-corrected chi connectivity index (χ3v) is 7.24. The van der Waals surface area contributed by atoms with E-state index in [1.807, 2.05) is 0 Å². The molecular formula is C23H17BrF3NO6S. The molecule has 0 aliphatic carbocycles. The molecule has 0 aromatic heterocycles. The van der Waals surface area contributed by atoms with E-state index in [2.05, 4.69) is 20.7 Å². The smallest absolute Gasteiger partial charge is 0.416 e. The molecule has 1 aliphatic heterocycles. The van der Waals surface area contributed by atoms with Crippen LogP contribution in [0.15, 0.2) is 57.9 Å². The Kier molecular flexibility index (Phi) is 6.45. The Balaban J connectivity index is 2.00. The summed E-state index contributed by atoms with van der Waals surface area (Å²) >= 11 is 3.19.